The highest BCUT2D eigenvalue weighted by atomic mass is 32.1. The quantitative estimate of drug-likeness (QED) is 0.0748. The van der Waals surface area contributed by atoms with Crippen molar-refractivity contribution in [3.8, 4) is 0 Å². The molecule has 6 saturated heterocycles. The number of nitrogens with one attached hydrogen (secondary N) is 6. The number of aryl methyl sites for hydroxylation is 2. The van der Waals surface area contributed by atoms with Crippen LogP contribution in [0.5, 0.6) is 0 Å². The van der Waals surface area contributed by atoms with E-state index in [0.29, 0.717) is 39.8 Å². The van der Waals surface area contributed by atoms with Crippen LogP contribution in [0.4, 0.5) is 34.4 Å². The molecule has 6 amide bonds. The summed E-state index contributed by atoms with van der Waals surface area (Å²) in [6.45, 7) is 16.0. The van der Waals surface area contributed by atoms with Crippen molar-refractivity contribution in [3.63, 3.8) is 0 Å². The number of carbonyl (C=O) groups excluding carboxylic acids is 6. The van der Waals surface area contributed by atoms with Gasteiger partial charge in [-0.1, -0.05) is 0 Å². The summed E-state index contributed by atoms with van der Waals surface area (Å²) in [5.74, 6) is 0.952. The number of fused-ring (bicyclic) bond motifs is 12. The van der Waals surface area contributed by atoms with Crippen molar-refractivity contribution in [2.45, 2.75) is 76.2 Å². The van der Waals surface area contributed by atoms with Gasteiger partial charge in [-0.2, -0.15) is 0 Å². The van der Waals surface area contributed by atoms with Crippen LogP contribution in [-0.4, -0.2) is 190 Å². The molecule has 0 radical (unpaired) electrons. The predicted molar refractivity (Wildman–Crippen MR) is 398 cm³/mol. The number of hydrogen-bond acceptors (Lipinski definition) is 20. The first-order valence-electron chi connectivity index (χ1n) is 35.8. The third-order valence-electron chi connectivity index (χ3n) is 23.1. The minimum Gasteiger partial charge on any atom is -0.381 e. The Morgan fingerprint density at radius 3 is 1.53 bits per heavy atom. The Bertz CT molecular complexity index is 5330. The Morgan fingerprint density at radius 2 is 1.01 bits per heavy atom. The molecule has 26 nitrogen and oxygen atoms in total. The van der Waals surface area contributed by atoms with Crippen LogP contribution in [0.1, 0.15) is 77.4 Å². The zero-order chi connectivity index (χ0) is 69.7. The van der Waals surface area contributed by atoms with Gasteiger partial charge in [0.2, 0.25) is 23.6 Å². The first kappa shape index (κ1) is 64.2. The van der Waals surface area contributed by atoms with E-state index in [2.05, 4.69) is 122 Å². The SMILES string of the molecule is C[C@@H]1CNc2c(sc3ccc4nc(N5CC(C6C(CN7CCN(c8ccc9c(c8)n(C)c(=O)n9C8CCC(=O)NC8=O)CC7)CN6c6ccc7c(ccc8sc9c(c87)NC[C@@H](C)NC9=O)n6)[C@H](CCN6CCN(c7ccc8c(c7)n(C)c(=O)n8C7CCC(=O)NC7=O)CC6)C5)ccc4c23)C(=O)N1. The summed E-state index contributed by atoms with van der Waals surface area (Å²) in [7, 11) is 3.48. The third kappa shape index (κ3) is 10.8. The van der Waals surface area contributed by atoms with Crippen molar-refractivity contribution in [1.29, 1.82) is 0 Å². The number of piperazine rings is 2. The van der Waals surface area contributed by atoms with Crippen molar-refractivity contribution in [2.75, 3.05) is 128 Å². The molecule has 6 N–H and O–H groups in total. The molecule has 8 aliphatic rings. The molecule has 5 unspecified atom stereocenters. The van der Waals surface area contributed by atoms with Gasteiger partial charge in [0.05, 0.1) is 44.5 Å². The van der Waals surface area contributed by atoms with E-state index in [4.69, 9.17) is 9.97 Å². The molecule has 0 saturated carbocycles. The summed E-state index contributed by atoms with van der Waals surface area (Å²) in [5.41, 5.74) is 7.76. The summed E-state index contributed by atoms with van der Waals surface area (Å²) in [5, 5.41) is 22.4. The van der Waals surface area contributed by atoms with E-state index in [-0.39, 0.29) is 90.7 Å². The molecule has 14 heterocycles. The lowest BCUT2D eigenvalue weighted by atomic mass is 9.74. The van der Waals surface area contributed by atoms with Gasteiger partial charge in [0.15, 0.2) is 0 Å². The molecular weight excluding hydrogens is 1330 g/mol. The van der Waals surface area contributed by atoms with Gasteiger partial charge in [-0.15, -0.1) is 22.7 Å². The van der Waals surface area contributed by atoms with E-state index in [1.54, 1.807) is 23.2 Å². The van der Waals surface area contributed by atoms with Gasteiger partial charge in [-0.3, -0.25) is 67.5 Å². The van der Waals surface area contributed by atoms with Gasteiger partial charge in [0, 0.05) is 191 Å². The summed E-state index contributed by atoms with van der Waals surface area (Å²) in [4.78, 5) is 132. The van der Waals surface area contributed by atoms with Crippen molar-refractivity contribution in [3.05, 3.63) is 116 Å². The van der Waals surface area contributed by atoms with Gasteiger partial charge in [-0.05, 0) is 131 Å². The molecule has 102 heavy (non-hydrogen) atoms. The number of imide groups is 2. The van der Waals surface area contributed by atoms with Crippen LogP contribution in [0, 0.1) is 17.8 Å². The number of carbonyl (C=O) groups is 6. The number of nitrogens with zero attached hydrogens (tertiary/aromatic N) is 12. The lowest BCUT2D eigenvalue weighted by molar-refractivity contribution is -0.137. The first-order valence-corrected chi connectivity index (χ1v) is 37.5. The van der Waals surface area contributed by atoms with Crippen LogP contribution in [0.3, 0.4) is 0 Å². The van der Waals surface area contributed by atoms with E-state index in [0.717, 1.165) is 179 Å². The monoisotopic (exact) mass is 1410 g/mol. The molecule has 6 fully saturated rings. The molecule has 526 valence electrons. The fourth-order valence-electron chi connectivity index (χ4n) is 17.8. The molecule has 10 aromatic rings. The first-order chi connectivity index (χ1) is 49.4. The maximum atomic E-state index is 13.8. The van der Waals surface area contributed by atoms with Crippen LogP contribution in [0.25, 0.3) is 64.0 Å². The van der Waals surface area contributed by atoms with Crippen molar-refractivity contribution < 1.29 is 28.8 Å². The van der Waals surface area contributed by atoms with Crippen LogP contribution in [-0.2, 0) is 33.3 Å². The number of pyridine rings is 2. The minimum atomic E-state index is -0.758. The molecule has 28 heteroatoms. The second-order valence-corrected chi connectivity index (χ2v) is 31.4. The average molecular weight is 1410 g/mol. The number of rotatable bonds is 12. The normalized spacial score (nSPS) is 24.6. The van der Waals surface area contributed by atoms with E-state index in [1.807, 2.05) is 38.1 Å². The van der Waals surface area contributed by atoms with Gasteiger partial charge in [-0.25, -0.2) is 19.6 Å². The van der Waals surface area contributed by atoms with E-state index in [9.17, 15) is 38.4 Å². The van der Waals surface area contributed by atoms with E-state index in [1.165, 1.54) is 31.8 Å². The molecule has 18 rings (SSSR count). The van der Waals surface area contributed by atoms with Gasteiger partial charge in [0.1, 0.15) is 33.5 Å². The molecule has 4 aromatic carbocycles. The third-order valence-corrected chi connectivity index (χ3v) is 25.5. The van der Waals surface area contributed by atoms with Crippen molar-refractivity contribution in [2.24, 2.45) is 31.8 Å². The van der Waals surface area contributed by atoms with Crippen molar-refractivity contribution >= 4 is 157 Å². The number of thiophene rings is 2. The lowest BCUT2D eigenvalue weighted by Gasteiger charge is -2.54. The Hall–Kier alpha value is -9.90. The zero-order valence-electron chi connectivity index (χ0n) is 57.3. The maximum absolute atomic E-state index is 13.8. The molecule has 8 atom stereocenters. The van der Waals surface area contributed by atoms with E-state index >= 15 is 0 Å². The van der Waals surface area contributed by atoms with Crippen LogP contribution in [0.2, 0.25) is 0 Å². The highest BCUT2D eigenvalue weighted by Crippen LogP contribution is 2.47. The highest BCUT2D eigenvalue weighted by Gasteiger charge is 2.51. The maximum Gasteiger partial charge on any atom is 0.329 e. The molecule has 6 aromatic heterocycles. The zero-order valence-corrected chi connectivity index (χ0v) is 58.9. The van der Waals surface area contributed by atoms with Gasteiger partial charge >= 0.3 is 11.4 Å². The Balaban J connectivity index is 0.651. The molecule has 0 aliphatic carbocycles. The Morgan fingerprint density at radius 1 is 0.510 bits per heavy atom. The molecule has 0 bridgehead atoms. The number of benzene rings is 4. The average Bonchev–Trinajstić information content (AvgIpc) is 1.54. The second kappa shape index (κ2) is 25.0. The molecule has 8 aliphatic heterocycles. The Kier molecular flexibility index (Phi) is 15.7. The number of imidazole rings is 2. The second-order valence-electron chi connectivity index (χ2n) is 29.3. The minimum absolute atomic E-state index is 0.0152. The summed E-state index contributed by atoms with van der Waals surface area (Å²) < 4.78 is 8.35. The van der Waals surface area contributed by atoms with Crippen LogP contribution < -0.4 is 62.9 Å². The number of hydrogen-bond donors (Lipinski definition) is 6. The summed E-state index contributed by atoms with van der Waals surface area (Å²) >= 11 is 3.03. The smallest absolute Gasteiger partial charge is 0.329 e. The topological polar surface area (TPSA) is 274 Å². The van der Waals surface area contributed by atoms with Gasteiger partial charge < -0.3 is 40.9 Å². The largest absolute Gasteiger partial charge is 0.381 e. The predicted octanol–water partition coefficient (Wildman–Crippen LogP) is 6.15. The van der Waals surface area contributed by atoms with Gasteiger partial charge in [0.25, 0.3) is 11.8 Å². The van der Waals surface area contributed by atoms with Crippen LogP contribution >= 0.6 is 22.7 Å². The summed E-state index contributed by atoms with van der Waals surface area (Å²) in [6.07, 6.45) is 1.86. The molecular formula is C74H80N18O8S2. The highest BCUT2D eigenvalue weighted by molar-refractivity contribution is 7.22. The lowest BCUT2D eigenvalue weighted by Crippen LogP contribution is -2.65. The van der Waals surface area contributed by atoms with E-state index < -0.39 is 23.9 Å². The number of anilines is 6. The number of aromatic nitrogens is 6. The van der Waals surface area contributed by atoms with Crippen molar-refractivity contribution in [1.82, 2.24) is 59.3 Å². The standard InChI is InChI=1S/C74H80N18O8S2/c1-39-33-75-64-62-45-7-17-58(79-48(45)9-15-56(62)101-67(64)71(97)77-39)89-36-41(21-22-85-23-27-87(28-24-85)43-5-11-50-54(31-43)83(3)73(99)91(50)52-13-19-60(93)81-69(52)95)47(38-89)66-42(37-90(66)59-18-8-46-49(80-59)10-16-57-63(46)65-68(102-57)72(98)78-40(2)34-76-65)35-86-25-29-88(30-26-86)44-6-12-51-55(32-44)84(4)74(100)92(51)53-14-20-61(94)82-70(53)96/h5-12,15-18,31-32,39-42,47,52-53,66,75-76H,13-14,19-30,33-38H2,1-4H3,(H,77,97)(H,78,98)(H,81,93,95)(H,82,94,96)/t39-,40-,41-,42?,47?,52?,53?,66?/m1/s1. The Labute approximate surface area is 593 Å². The summed E-state index contributed by atoms with van der Waals surface area (Å²) in [6, 6.07) is 27.9. The molecule has 0 spiro atoms. The fraction of sp³-hybridized carbons (Fsp3) is 0.432. The number of amides is 6. The number of piperidine rings is 2. The fourth-order valence-corrected chi connectivity index (χ4v) is 20.0. The van der Waals surface area contributed by atoms with Crippen LogP contribution in [0.15, 0.2) is 94.5 Å².